The van der Waals surface area contributed by atoms with Gasteiger partial charge in [-0.15, -0.1) is 0 Å². The van der Waals surface area contributed by atoms with E-state index in [0.717, 1.165) is 0 Å². The Morgan fingerprint density at radius 1 is 1.17 bits per heavy atom. The molecule has 3 aromatic rings. The lowest BCUT2D eigenvalue weighted by Gasteiger charge is -2.08. The standard InChI is InChI=1S/C14H9Cl3N4OS/c15-7-3-1-6(2-4-7)13(22)19-9-5-8(16)11-12(10(9)17)23-14(20-11)21-18/h1-5H,18H2,(H,19,22)(H,20,21). The van der Waals surface area contributed by atoms with E-state index in [2.05, 4.69) is 15.7 Å². The summed E-state index contributed by atoms with van der Waals surface area (Å²) in [5.41, 5.74) is 3.83. The van der Waals surface area contributed by atoms with Gasteiger partial charge >= 0.3 is 0 Å². The number of nitrogens with two attached hydrogens (primary N) is 1. The summed E-state index contributed by atoms with van der Waals surface area (Å²) in [6, 6.07) is 8.07. The molecule has 0 fully saturated rings. The Kier molecular flexibility index (Phi) is 4.61. The number of hydrazine groups is 1. The Bertz CT molecular complexity index is 895. The van der Waals surface area contributed by atoms with Crippen LogP contribution < -0.4 is 16.6 Å². The molecule has 0 spiro atoms. The lowest BCUT2D eigenvalue weighted by Crippen LogP contribution is -2.12. The molecule has 118 valence electrons. The summed E-state index contributed by atoms with van der Waals surface area (Å²) < 4.78 is 0.638. The summed E-state index contributed by atoms with van der Waals surface area (Å²) in [4.78, 5) is 16.5. The molecule has 5 nitrogen and oxygen atoms in total. The molecule has 9 heteroatoms. The van der Waals surface area contributed by atoms with Crippen molar-refractivity contribution in [2.24, 2.45) is 5.84 Å². The number of hydrogen-bond acceptors (Lipinski definition) is 5. The quantitative estimate of drug-likeness (QED) is 0.446. The van der Waals surface area contributed by atoms with Crippen LogP contribution >= 0.6 is 46.1 Å². The Morgan fingerprint density at radius 3 is 2.52 bits per heavy atom. The van der Waals surface area contributed by atoms with E-state index in [1.165, 1.54) is 11.3 Å². The molecule has 0 bridgehead atoms. The van der Waals surface area contributed by atoms with Crippen molar-refractivity contribution in [2.45, 2.75) is 0 Å². The van der Waals surface area contributed by atoms with Gasteiger partial charge < -0.3 is 5.32 Å². The predicted octanol–water partition coefficient (Wildman–Crippen LogP) is 4.79. The van der Waals surface area contributed by atoms with Gasteiger partial charge in [0.2, 0.25) is 0 Å². The Morgan fingerprint density at radius 2 is 1.87 bits per heavy atom. The van der Waals surface area contributed by atoms with E-state index in [0.29, 0.717) is 41.7 Å². The summed E-state index contributed by atoms with van der Waals surface area (Å²) in [5.74, 6) is 5.03. The number of nitrogen functional groups attached to an aromatic ring is 1. The second-order valence-electron chi connectivity index (χ2n) is 4.52. The van der Waals surface area contributed by atoms with Crippen molar-refractivity contribution in [3.63, 3.8) is 0 Å². The average molecular weight is 388 g/mol. The van der Waals surface area contributed by atoms with Gasteiger partial charge in [-0.1, -0.05) is 46.1 Å². The van der Waals surface area contributed by atoms with Crippen LogP contribution in [0.5, 0.6) is 0 Å². The molecule has 0 radical (unpaired) electrons. The minimum absolute atomic E-state index is 0.319. The van der Waals surface area contributed by atoms with E-state index in [1.807, 2.05) is 0 Å². The molecule has 0 aliphatic rings. The minimum Gasteiger partial charge on any atom is -0.321 e. The molecule has 1 heterocycles. The summed E-state index contributed by atoms with van der Waals surface area (Å²) in [6.07, 6.45) is 0. The van der Waals surface area contributed by atoms with Gasteiger partial charge in [0.15, 0.2) is 5.13 Å². The first-order chi connectivity index (χ1) is 11.0. The molecule has 2 aromatic carbocycles. The highest BCUT2D eigenvalue weighted by atomic mass is 35.5. The SMILES string of the molecule is NNc1nc2c(Cl)cc(NC(=O)c3ccc(Cl)cc3)c(Cl)c2s1. The van der Waals surface area contributed by atoms with Gasteiger partial charge in [0.25, 0.3) is 5.91 Å². The first-order valence-corrected chi connectivity index (χ1v) is 8.26. The average Bonchev–Trinajstić information content (AvgIpc) is 2.98. The first-order valence-electron chi connectivity index (χ1n) is 6.31. The van der Waals surface area contributed by atoms with Gasteiger partial charge in [-0.2, -0.15) is 0 Å². The number of amides is 1. The number of anilines is 2. The minimum atomic E-state index is -0.319. The van der Waals surface area contributed by atoms with E-state index in [9.17, 15) is 4.79 Å². The van der Waals surface area contributed by atoms with Gasteiger partial charge in [-0.25, -0.2) is 10.8 Å². The van der Waals surface area contributed by atoms with E-state index < -0.39 is 0 Å². The lowest BCUT2D eigenvalue weighted by atomic mass is 10.2. The number of thiazole rings is 1. The van der Waals surface area contributed by atoms with Gasteiger partial charge in [-0.05, 0) is 30.3 Å². The number of nitrogens with one attached hydrogen (secondary N) is 2. The van der Waals surface area contributed by atoms with Crippen LogP contribution in [0.15, 0.2) is 30.3 Å². The second-order valence-corrected chi connectivity index (χ2v) is 6.74. The zero-order valence-corrected chi connectivity index (χ0v) is 14.4. The summed E-state index contributed by atoms with van der Waals surface area (Å²) >= 11 is 19.6. The van der Waals surface area contributed by atoms with Crippen molar-refractivity contribution in [1.29, 1.82) is 0 Å². The van der Waals surface area contributed by atoms with E-state index in [4.69, 9.17) is 40.6 Å². The summed E-state index contributed by atoms with van der Waals surface area (Å²) in [6.45, 7) is 0. The van der Waals surface area contributed by atoms with Gasteiger partial charge in [-0.3, -0.25) is 10.2 Å². The number of halogens is 3. The van der Waals surface area contributed by atoms with Crippen LogP contribution in [-0.2, 0) is 0 Å². The third kappa shape index (κ3) is 3.22. The molecule has 1 aromatic heterocycles. The van der Waals surface area contributed by atoms with Gasteiger partial charge in [0.05, 0.1) is 20.4 Å². The highest BCUT2D eigenvalue weighted by molar-refractivity contribution is 7.23. The lowest BCUT2D eigenvalue weighted by molar-refractivity contribution is 0.102. The molecule has 1 amide bonds. The molecule has 23 heavy (non-hydrogen) atoms. The van der Waals surface area contributed by atoms with Crippen LogP contribution in [0.1, 0.15) is 10.4 Å². The largest absolute Gasteiger partial charge is 0.321 e. The monoisotopic (exact) mass is 386 g/mol. The normalized spacial score (nSPS) is 10.8. The smallest absolute Gasteiger partial charge is 0.255 e. The number of carbonyl (C=O) groups is 1. The number of rotatable bonds is 3. The van der Waals surface area contributed by atoms with Crippen LogP contribution in [0, 0.1) is 0 Å². The zero-order valence-electron chi connectivity index (χ0n) is 11.4. The number of fused-ring (bicyclic) bond motifs is 1. The molecular weight excluding hydrogens is 379 g/mol. The Balaban J connectivity index is 1.98. The molecular formula is C14H9Cl3N4OS. The van der Waals surface area contributed by atoms with Crippen LogP contribution in [0.25, 0.3) is 10.2 Å². The van der Waals surface area contributed by atoms with Crippen molar-refractivity contribution in [2.75, 3.05) is 10.7 Å². The van der Waals surface area contributed by atoms with Crippen molar-refractivity contribution in [3.8, 4) is 0 Å². The third-order valence-electron chi connectivity index (χ3n) is 3.04. The van der Waals surface area contributed by atoms with Crippen molar-refractivity contribution < 1.29 is 4.79 Å². The topological polar surface area (TPSA) is 80.0 Å². The van der Waals surface area contributed by atoms with Gasteiger partial charge in [0, 0.05) is 10.6 Å². The highest BCUT2D eigenvalue weighted by Gasteiger charge is 2.17. The predicted molar refractivity (Wildman–Crippen MR) is 96.9 cm³/mol. The molecule has 0 unspecified atom stereocenters. The fourth-order valence-electron chi connectivity index (χ4n) is 1.96. The molecule has 4 N–H and O–H groups in total. The maximum Gasteiger partial charge on any atom is 0.255 e. The number of benzene rings is 2. The van der Waals surface area contributed by atoms with E-state index in [1.54, 1.807) is 30.3 Å². The first kappa shape index (κ1) is 16.3. The number of nitrogens with zero attached hydrogens (tertiary/aromatic N) is 1. The zero-order chi connectivity index (χ0) is 16.6. The van der Waals surface area contributed by atoms with Crippen LogP contribution in [0.2, 0.25) is 15.1 Å². The number of carbonyl (C=O) groups excluding carboxylic acids is 1. The maximum absolute atomic E-state index is 12.3. The van der Waals surface area contributed by atoms with E-state index in [-0.39, 0.29) is 5.91 Å². The molecule has 0 aliphatic carbocycles. The second kappa shape index (κ2) is 6.51. The van der Waals surface area contributed by atoms with Crippen LogP contribution in [0.4, 0.5) is 10.8 Å². The summed E-state index contributed by atoms with van der Waals surface area (Å²) in [5, 5.41) is 4.48. The fraction of sp³-hybridized carbons (Fsp3) is 0. The van der Waals surface area contributed by atoms with Crippen molar-refractivity contribution >= 4 is 73.1 Å². The maximum atomic E-state index is 12.3. The Labute approximate surface area is 150 Å². The fourth-order valence-corrected chi connectivity index (χ4v) is 3.54. The Hall–Kier alpha value is -1.57. The van der Waals surface area contributed by atoms with Gasteiger partial charge in [0.1, 0.15) is 5.52 Å². The number of aromatic nitrogens is 1. The van der Waals surface area contributed by atoms with Crippen molar-refractivity contribution in [1.82, 2.24) is 4.98 Å². The molecule has 0 saturated carbocycles. The molecule has 0 saturated heterocycles. The van der Waals surface area contributed by atoms with Crippen molar-refractivity contribution in [3.05, 3.63) is 51.0 Å². The molecule has 0 atom stereocenters. The third-order valence-corrected chi connectivity index (χ3v) is 5.09. The van der Waals surface area contributed by atoms with Crippen LogP contribution in [-0.4, -0.2) is 10.9 Å². The molecule has 0 aliphatic heterocycles. The summed E-state index contributed by atoms with van der Waals surface area (Å²) in [7, 11) is 0. The highest BCUT2D eigenvalue weighted by Crippen LogP contribution is 2.40. The van der Waals surface area contributed by atoms with E-state index >= 15 is 0 Å². The number of hydrogen-bond donors (Lipinski definition) is 3. The molecule has 3 rings (SSSR count). The van der Waals surface area contributed by atoms with Crippen LogP contribution in [0.3, 0.4) is 0 Å².